The molecule has 7 nitrogen and oxygen atoms in total. The molecule has 0 aliphatic carbocycles. The topological polar surface area (TPSA) is 77.1 Å². The summed E-state index contributed by atoms with van der Waals surface area (Å²) in [5.74, 6) is -0.239. The summed E-state index contributed by atoms with van der Waals surface area (Å²) in [6.07, 6.45) is 44.6. The Morgan fingerprint density at radius 3 is 1.71 bits per heavy atom. The number of unbranched alkanes of at least 4 members (excludes halogenated alkanes) is 17. The van der Waals surface area contributed by atoms with Crippen molar-refractivity contribution in [3.8, 4) is 0 Å². The highest BCUT2D eigenvalue weighted by Crippen LogP contribution is 2.11. The van der Waals surface area contributed by atoms with Gasteiger partial charge in [-0.1, -0.05) is 140 Å². The van der Waals surface area contributed by atoms with Gasteiger partial charge in [0.15, 0.2) is 6.10 Å². The van der Waals surface area contributed by atoms with E-state index in [1.807, 2.05) is 19.0 Å². The van der Waals surface area contributed by atoms with Crippen LogP contribution in [0.5, 0.6) is 0 Å². The van der Waals surface area contributed by atoms with Crippen LogP contribution in [-0.2, 0) is 19.0 Å². The number of esters is 1. The van der Waals surface area contributed by atoms with Crippen molar-refractivity contribution in [2.75, 3.05) is 47.0 Å². The lowest BCUT2D eigenvalue weighted by Gasteiger charge is -2.19. The van der Waals surface area contributed by atoms with Gasteiger partial charge in [-0.15, -0.1) is 0 Å². The van der Waals surface area contributed by atoms with Gasteiger partial charge in [0, 0.05) is 26.1 Å². The number of carbonyl (C=O) groups is 2. The van der Waals surface area contributed by atoms with Crippen LogP contribution < -0.4 is 5.32 Å². The molecule has 0 saturated heterocycles. The van der Waals surface area contributed by atoms with Gasteiger partial charge in [0.25, 0.3) is 0 Å². The molecule has 0 fully saturated rings. The largest absolute Gasteiger partial charge is 0.462 e. The SMILES string of the molecule is CCC=CCC=CCC=CCCCCCCCCOCC(COC(=O)CCCCCCCC=CCCCCCCCC)OC(=O)NCCN(C)C. The number of likely N-dealkylation sites (N-methyl/N-ethyl adjacent to an activating group) is 1. The zero-order valence-electron chi connectivity index (χ0n) is 33.7. The first-order valence-corrected chi connectivity index (χ1v) is 20.9. The standard InChI is InChI=1S/C44H80N2O5/c1-5-7-9-11-13-15-17-19-21-23-25-27-29-31-33-35-39-49-40-42(51-44(48)45-37-38-46(3)4)41-50-43(47)36-34-32-30-28-26-24-22-20-18-16-14-12-10-8-6-2/h7,9,13,15,19-22,42H,5-6,8,10-12,14,16-18,23-41H2,1-4H3,(H,45,48). The Kier molecular flexibility index (Phi) is 38.5. The van der Waals surface area contributed by atoms with Gasteiger partial charge in [-0.3, -0.25) is 4.79 Å². The van der Waals surface area contributed by atoms with Gasteiger partial charge in [-0.2, -0.15) is 0 Å². The molecule has 0 rings (SSSR count). The second-order valence-corrected chi connectivity index (χ2v) is 14.1. The van der Waals surface area contributed by atoms with Gasteiger partial charge < -0.3 is 24.4 Å². The minimum Gasteiger partial charge on any atom is -0.462 e. The molecule has 296 valence electrons. The predicted molar refractivity (Wildman–Crippen MR) is 217 cm³/mol. The minimum atomic E-state index is -0.621. The van der Waals surface area contributed by atoms with Crippen LogP contribution in [0, 0.1) is 0 Å². The van der Waals surface area contributed by atoms with Crippen molar-refractivity contribution in [1.82, 2.24) is 10.2 Å². The van der Waals surface area contributed by atoms with Gasteiger partial charge >= 0.3 is 12.1 Å². The number of nitrogens with one attached hydrogen (secondary N) is 1. The lowest BCUT2D eigenvalue weighted by Crippen LogP contribution is -2.37. The van der Waals surface area contributed by atoms with E-state index in [0.29, 0.717) is 26.1 Å². The van der Waals surface area contributed by atoms with E-state index >= 15 is 0 Å². The third-order valence-electron chi connectivity index (χ3n) is 8.67. The molecule has 0 bridgehead atoms. The average Bonchev–Trinajstić information content (AvgIpc) is 3.11. The Hall–Kier alpha value is -2.38. The highest BCUT2D eigenvalue weighted by molar-refractivity contribution is 5.69. The number of allylic oxidation sites excluding steroid dienone is 8. The van der Waals surface area contributed by atoms with E-state index in [0.717, 1.165) is 64.2 Å². The summed E-state index contributed by atoms with van der Waals surface area (Å²) in [6, 6.07) is 0. The summed E-state index contributed by atoms with van der Waals surface area (Å²) in [5, 5.41) is 2.76. The number of nitrogens with zero attached hydrogens (tertiary/aromatic N) is 1. The third-order valence-corrected chi connectivity index (χ3v) is 8.67. The maximum absolute atomic E-state index is 12.4. The third kappa shape index (κ3) is 40.3. The maximum atomic E-state index is 12.4. The van der Waals surface area contributed by atoms with E-state index in [4.69, 9.17) is 14.2 Å². The second-order valence-electron chi connectivity index (χ2n) is 14.1. The Bertz CT molecular complexity index is 883. The number of alkyl carbamates (subject to hydrolysis) is 1. The molecule has 0 radical (unpaired) electrons. The fourth-order valence-corrected chi connectivity index (χ4v) is 5.50. The lowest BCUT2D eigenvalue weighted by molar-refractivity contribution is -0.148. The fraction of sp³-hybridized carbons (Fsp3) is 0.773. The quantitative estimate of drug-likeness (QED) is 0.0392. The van der Waals surface area contributed by atoms with Crippen LogP contribution in [0.15, 0.2) is 48.6 Å². The number of ether oxygens (including phenoxy) is 3. The number of carbonyl (C=O) groups excluding carboxylic acids is 2. The average molecular weight is 717 g/mol. The monoisotopic (exact) mass is 717 g/mol. The van der Waals surface area contributed by atoms with Gasteiger partial charge in [0.2, 0.25) is 0 Å². The van der Waals surface area contributed by atoms with Crippen LogP contribution in [0.3, 0.4) is 0 Å². The van der Waals surface area contributed by atoms with E-state index in [9.17, 15) is 9.59 Å². The van der Waals surface area contributed by atoms with Crippen molar-refractivity contribution in [1.29, 1.82) is 0 Å². The van der Waals surface area contributed by atoms with Crippen molar-refractivity contribution in [3.63, 3.8) is 0 Å². The summed E-state index contributed by atoms with van der Waals surface area (Å²) in [5.41, 5.74) is 0. The fourth-order valence-electron chi connectivity index (χ4n) is 5.50. The first-order valence-electron chi connectivity index (χ1n) is 20.9. The number of hydrogen-bond donors (Lipinski definition) is 1. The maximum Gasteiger partial charge on any atom is 0.407 e. The zero-order chi connectivity index (χ0) is 37.3. The van der Waals surface area contributed by atoms with Crippen molar-refractivity contribution >= 4 is 12.1 Å². The Labute approximate surface area is 315 Å². The van der Waals surface area contributed by atoms with Crippen molar-refractivity contribution < 1.29 is 23.8 Å². The highest BCUT2D eigenvalue weighted by atomic mass is 16.6. The van der Waals surface area contributed by atoms with Crippen LogP contribution in [0.25, 0.3) is 0 Å². The minimum absolute atomic E-state index is 0.0199. The molecular weight excluding hydrogens is 636 g/mol. The van der Waals surface area contributed by atoms with Gasteiger partial charge in [-0.05, 0) is 84.7 Å². The molecular formula is C44H80N2O5. The van der Waals surface area contributed by atoms with Gasteiger partial charge in [-0.25, -0.2) is 4.79 Å². The zero-order valence-corrected chi connectivity index (χ0v) is 33.7. The molecule has 0 spiro atoms. The molecule has 1 atom stereocenters. The van der Waals surface area contributed by atoms with Crippen LogP contribution in [-0.4, -0.2) is 70.1 Å². The molecule has 0 heterocycles. The molecule has 1 N–H and O–H groups in total. The summed E-state index contributed by atoms with van der Waals surface area (Å²) < 4.78 is 16.9. The van der Waals surface area contributed by atoms with E-state index in [2.05, 4.69) is 67.8 Å². The Balaban J connectivity index is 4.06. The van der Waals surface area contributed by atoms with Crippen molar-refractivity contribution in [2.45, 2.75) is 174 Å². The van der Waals surface area contributed by atoms with Crippen LogP contribution in [0.1, 0.15) is 168 Å². The van der Waals surface area contributed by atoms with Gasteiger partial charge in [0.1, 0.15) is 6.61 Å². The number of rotatable bonds is 37. The van der Waals surface area contributed by atoms with Crippen molar-refractivity contribution in [2.24, 2.45) is 0 Å². The first kappa shape index (κ1) is 48.6. The molecule has 0 saturated carbocycles. The normalized spacial score (nSPS) is 12.6. The van der Waals surface area contributed by atoms with E-state index in [-0.39, 0.29) is 19.2 Å². The summed E-state index contributed by atoms with van der Waals surface area (Å²) in [6.45, 7) is 6.47. The molecule has 0 aliphatic heterocycles. The second kappa shape index (κ2) is 40.4. The summed E-state index contributed by atoms with van der Waals surface area (Å²) >= 11 is 0. The molecule has 0 aromatic heterocycles. The molecule has 1 unspecified atom stereocenters. The van der Waals surface area contributed by atoms with Crippen LogP contribution in [0.2, 0.25) is 0 Å². The Morgan fingerprint density at radius 2 is 1.12 bits per heavy atom. The van der Waals surface area contributed by atoms with Crippen molar-refractivity contribution in [3.05, 3.63) is 48.6 Å². The first-order chi connectivity index (χ1) is 25.0. The number of hydrogen-bond acceptors (Lipinski definition) is 6. The highest BCUT2D eigenvalue weighted by Gasteiger charge is 2.17. The molecule has 7 heteroatoms. The summed E-state index contributed by atoms with van der Waals surface area (Å²) in [4.78, 5) is 26.7. The predicted octanol–water partition coefficient (Wildman–Crippen LogP) is 11.8. The molecule has 1 amide bonds. The summed E-state index contributed by atoms with van der Waals surface area (Å²) in [7, 11) is 3.90. The Morgan fingerprint density at radius 1 is 0.608 bits per heavy atom. The van der Waals surface area contributed by atoms with E-state index in [1.165, 1.54) is 83.5 Å². The van der Waals surface area contributed by atoms with Gasteiger partial charge in [0.05, 0.1) is 6.61 Å². The molecule has 0 aromatic rings. The lowest BCUT2D eigenvalue weighted by atomic mass is 10.1. The van der Waals surface area contributed by atoms with Crippen LogP contribution >= 0.6 is 0 Å². The number of amides is 1. The van der Waals surface area contributed by atoms with E-state index < -0.39 is 12.2 Å². The molecule has 0 aliphatic rings. The smallest absolute Gasteiger partial charge is 0.407 e. The van der Waals surface area contributed by atoms with Crippen LogP contribution in [0.4, 0.5) is 4.79 Å². The molecule has 0 aromatic carbocycles. The van der Waals surface area contributed by atoms with E-state index in [1.54, 1.807) is 0 Å². The molecule has 51 heavy (non-hydrogen) atoms.